The third-order valence-corrected chi connectivity index (χ3v) is 7.15. The molecule has 0 bridgehead atoms. The van der Waals surface area contributed by atoms with Gasteiger partial charge in [-0.2, -0.15) is 0 Å². The van der Waals surface area contributed by atoms with Gasteiger partial charge in [0.15, 0.2) is 0 Å². The molecule has 2 saturated carbocycles. The van der Waals surface area contributed by atoms with Crippen molar-refractivity contribution in [3.8, 4) is 0 Å². The first kappa shape index (κ1) is 13.1. The Bertz CT molecular complexity index is 478. The van der Waals surface area contributed by atoms with E-state index in [0.717, 1.165) is 49.9 Å². The summed E-state index contributed by atoms with van der Waals surface area (Å²) in [4.78, 5) is 11.7. The van der Waals surface area contributed by atoms with E-state index in [-0.39, 0.29) is 11.5 Å². The van der Waals surface area contributed by atoms with Gasteiger partial charge in [-0.25, -0.2) is 0 Å². The molecule has 4 aliphatic carbocycles. The Hall–Kier alpha value is -0.630. The van der Waals surface area contributed by atoms with Crippen LogP contribution in [0.1, 0.15) is 64.7 Å². The minimum absolute atomic E-state index is 0.0724. The molecule has 3 unspecified atom stereocenters. The molecule has 0 aliphatic heterocycles. The molecule has 4 rings (SSSR count). The maximum atomic E-state index is 11.7. The fourth-order valence-corrected chi connectivity index (χ4v) is 6.02. The molecule has 0 spiro atoms. The van der Waals surface area contributed by atoms with Gasteiger partial charge < -0.3 is 5.11 Å². The Balaban J connectivity index is 1.65. The maximum absolute atomic E-state index is 11.7. The first-order chi connectivity index (χ1) is 9.59. The average molecular weight is 274 g/mol. The number of fused-ring (bicyclic) bond motifs is 4. The molecule has 2 heteroatoms. The van der Waals surface area contributed by atoms with Gasteiger partial charge >= 0.3 is 0 Å². The number of rotatable bonds is 0. The predicted molar refractivity (Wildman–Crippen MR) is 78.2 cm³/mol. The van der Waals surface area contributed by atoms with Gasteiger partial charge in [-0.3, -0.25) is 4.79 Å². The number of allylic oxidation sites excluding steroid dienone is 2. The molecule has 0 amide bonds. The van der Waals surface area contributed by atoms with Gasteiger partial charge in [0, 0.05) is 12.8 Å². The Morgan fingerprint density at radius 1 is 1.10 bits per heavy atom. The van der Waals surface area contributed by atoms with Gasteiger partial charge in [-0.15, -0.1) is 0 Å². The van der Waals surface area contributed by atoms with Crippen LogP contribution >= 0.6 is 0 Å². The van der Waals surface area contributed by atoms with Crippen LogP contribution in [0.5, 0.6) is 0 Å². The van der Waals surface area contributed by atoms with E-state index >= 15 is 0 Å². The van der Waals surface area contributed by atoms with Crippen molar-refractivity contribution < 1.29 is 9.90 Å². The molecular formula is C18H26O2. The molecule has 4 aliphatic rings. The number of carbonyl (C=O) groups is 1. The quantitative estimate of drug-likeness (QED) is 0.685. The second-order valence-electron chi connectivity index (χ2n) is 7.90. The van der Waals surface area contributed by atoms with Crippen LogP contribution in [-0.2, 0) is 4.79 Å². The highest BCUT2D eigenvalue weighted by Gasteiger charge is 2.54. The van der Waals surface area contributed by atoms with Crippen LogP contribution in [0.15, 0.2) is 11.1 Å². The van der Waals surface area contributed by atoms with Crippen molar-refractivity contribution in [3.63, 3.8) is 0 Å². The monoisotopic (exact) mass is 274 g/mol. The summed E-state index contributed by atoms with van der Waals surface area (Å²) in [6.45, 7) is 2.33. The van der Waals surface area contributed by atoms with E-state index in [9.17, 15) is 9.90 Å². The van der Waals surface area contributed by atoms with Crippen LogP contribution in [-0.4, -0.2) is 17.0 Å². The van der Waals surface area contributed by atoms with Crippen LogP contribution in [0.4, 0.5) is 0 Å². The third kappa shape index (κ3) is 1.70. The van der Waals surface area contributed by atoms with E-state index in [2.05, 4.69) is 6.92 Å². The summed E-state index contributed by atoms with van der Waals surface area (Å²) in [5.74, 6) is 2.72. The summed E-state index contributed by atoms with van der Waals surface area (Å²) >= 11 is 0. The molecule has 0 heterocycles. The SMILES string of the molecule is C[C@]12CCC3C4=C(CC[C@H]3C1CCC2O)CC(=O)CC4. The van der Waals surface area contributed by atoms with Crippen LogP contribution in [0.25, 0.3) is 0 Å². The summed E-state index contributed by atoms with van der Waals surface area (Å²) in [6.07, 6.45) is 9.60. The zero-order chi connectivity index (χ0) is 13.9. The largest absolute Gasteiger partial charge is 0.393 e. The topological polar surface area (TPSA) is 37.3 Å². The van der Waals surface area contributed by atoms with Gasteiger partial charge in [-0.05, 0) is 68.1 Å². The molecule has 5 atom stereocenters. The molecule has 110 valence electrons. The Morgan fingerprint density at radius 2 is 1.95 bits per heavy atom. The normalized spacial score (nSPS) is 47.8. The number of Topliss-reactive ketones (excluding diaryl/α,β-unsaturated/α-hetero) is 1. The fraction of sp³-hybridized carbons (Fsp3) is 0.833. The molecule has 2 fully saturated rings. The molecule has 20 heavy (non-hydrogen) atoms. The number of aliphatic hydroxyl groups excluding tert-OH is 1. The molecule has 0 aromatic rings. The number of ketones is 1. The van der Waals surface area contributed by atoms with E-state index in [4.69, 9.17) is 0 Å². The summed E-state index contributed by atoms with van der Waals surface area (Å²) in [5, 5.41) is 10.4. The summed E-state index contributed by atoms with van der Waals surface area (Å²) in [6, 6.07) is 0. The van der Waals surface area contributed by atoms with E-state index in [1.807, 2.05) is 0 Å². The van der Waals surface area contributed by atoms with Crippen molar-refractivity contribution in [2.75, 3.05) is 0 Å². The lowest BCUT2D eigenvalue weighted by Crippen LogP contribution is -2.45. The van der Waals surface area contributed by atoms with Crippen LogP contribution in [0, 0.1) is 23.2 Å². The summed E-state index contributed by atoms with van der Waals surface area (Å²) in [7, 11) is 0. The number of aliphatic hydroxyl groups is 1. The lowest BCUT2D eigenvalue weighted by molar-refractivity contribution is -0.119. The molecule has 0 aromatic heterocycles. The van der Waals surface area contributed by atoms with Crippen molar-refractivity contribution in [1.82, 2.24) is 0 Å². The fourth-order valence-electron chi connectivity index (χ4n) is 6.02. The van der Waals surface area contributed by atoms with E-state index in [0.29, 0.717) is 5.78 Å². The van der Waals surface area contributed by atoms with Crippen molar-refractivity contribution in [2.45, 2.75) is 70.8 Å². The summed E-state index contributed by atoms with van der Waals surface area (Å²) in [5.41, 5.74) is 3.36. The van der Waals surface area contributed by atoms with E-state index in [1.165, 1.54) is 31.3 Å². The third-order valence-electron chi connectivity index (χ3n) is 7.15. The standard InChI is InChI=1S/C18H26O2/c1-18-9-8-14-13-5-3-12(19)10-11(13)2-4-15(14)16(18)6-7-17(18)20/h14-17,20H,2-10H2,1H3/t14?,15-,16?,17?,18+/m1/s1. The Kier molecular flexibility index (Phi) is 2.89. The predicted octanol–water partition coefficient (Wildman–Crippen LogP) is 3.63. The van der Waals surface area contributed by atoms with Crippen molar-refractivity contribution in [3.05, 3.63) is 11.1 Å². The number of hydrogen-bond acceptors (Lipinski definition) is 2. The minimum atomic E-state index is -0.0724. The van der Waals surface area contributed by atoms with Gasteiger partial charge in [0.2, 0.25) is 0 Å². The highest BCUT2D eigenvalue weighted by Crippen LogP contribution is 2.60. The number of carbonyl (C=O) groups excluding carboxylic acids is 1. The molecule has 2 nitrogen and oxygen atoms in total. The molecular weight excluding hydrogens is 248 g/mol. The van der Waals surface area contributed by atoms with Gasteiger partial charge in [0.1, 0.15) is 5.78 Å². The van der Waals surface area contributed by atoms with Crippen LogP contribution in [0.2, 0.25) is 0 Å². The summed E-state index contributed by atoms with van der Waals surface area (Å²) < 4.78 is 0. The van der Waals surface area contributed by atoms with Gasteiger partial charge in [-0.1, -0.05) is 18.1 Å². The zero-order valence-corrected chi connectivity index (χ0v) is 12.5. The van der Waals surface area contributed by atoms with Gasteiger partial charge in [0.25, 0.3) is 0 Å². The molecule has 0 saturated heterocycles. The van der Waals surface area contributed by atoms with Crippen LogP contribution < -0.4 is 0 Å². The Labute approximate surface area is 121 Å². The van der Waals surface area contributed by atoms with Crippen molar-refractivity contribution >= 4 is 5.78 Å². The highest BCUT2D eigenvalue weighted by molar-refractivity contribution is 5.82. The number of hydrogen-bond donors (Lipinski definition) is 1. The lowest BCUT2D eigenvalue weighted by Gasteiger charge is -2.51. The van der Waals surface area contributed by atoms with E-state index < -0.39 is 0 Å². The van der Waals surface area contributed by atoms with Crippen molar-refractivity contribution in [2.24, 2.45) is 23.2 Å². The maximum Gasteiger partial charge on any atom is 0.137 e. The molecule has 0 aromatic carbocycles. The zero-order valence-electron chi connectivity index (χ0n) is 12.5. The first-order valence-electron chi connectivity index (χ1n) is 8.50. The van der Waals surface area contributed by atoms with Crippen molar-refractivity contribution in [1.29, 1.82) is 0 Å². The minimum Gasteiger partial charge on any atom is -0.393 e. The highest BCUT2D eigenvalue weighted by atomic mass is 16.3. The smallest absolute Gasteiger partial charge is 0.137 e. The Morgan fingerprint density at radius 3 is 2.80 bits per heavy atom. The second-order valence-corrected chi connectivity index (χ2v) is 7.90. The van der Waals surface area contributed by atoms with Crippen LogP contribution in [0.3, 0.4) is 0 Å². The average Bonchev–Trinajstić information content (AvgIpc) is 2.74. The van der Waals surface area contributed by atoms with Gasteiger partial charge in [0.05, 0.1) is 6.10 Å². The molecule has 1 N–H and O–H groups in total. The second kappa shape index (κ2) is 4.43. The van der Waals surface area contributed by atoms with E-state index in [1.54, 1.807) is 5.57 Å². The lowest BCUT2D eigenvalue weighted by atomic mass is 9.54. The molecule has 0 radical (unpaired) electrons. The first-order valence-corrected chi connectivity index (χ1v) is 8.50.